The molecule has 0 aliphatic heterocycles. The van der Waals surface area contributed by atoms with Crippen LogP contribution in [-0.4, -0.2) is 40.7 Å². The molecule has 2 heterocycles. The van der Waals surface area contributed by atoms with Crippen molar-refractivity contribution in [2.24, 2.45) is 5.92 Å². The minimum Gasteiger partial charge on any atom is -0.343 e. The lowest BCUT2D eigenvalue weighted by molar-refractivity contribution is 0.0819. The maximum Gasteiger partial charge on any atom is 0.274 e. The van der Waals surface area contributed by atoms with Gasteiger partial charge in [-0.15, -0.1) is 11.3 Å². The fourth-order valence-corrected chi connectivity index (χ4v) is 4.47. The van der Waals surface area contributed by atoms with Crippen molar-refractivity contribution in [3.63, 3.8) is 0 Å². The number of nitrogens with zero attached hydrogens (tertiary/aromatic N) is 3. The van der Waals surface area contributed by atoms with Gasteiger partial charge in [0.05, 0.1) is 4.34 Å². The number of halogens is 1. The Bertz CT molecular complexity index is 781. The molecule has 0 bridgehead atoms. The SMILES string of the molecule is CC(C)Cn1nc(C(=O)N(C)C)c2c1CCC(NCc1ccc(Cl)s1)C2. The van der Waals surface area contributed by atoms with Gasteiger partial charge < -0.3 is 10.2 Å². The molecule has 1 atom stereocenters. The number of carbonyl (C=O) groups is 1. The molecular formula is C19H27ClN4OS. The highest BCUT2D eigenvalue weighted by Crippen LogP contribution is 2.27. The van der Waals surface area contributed by atoms with Crippen LogP contribution < -0.4 is 5.32 Å². The molecule has 0 saturated carbocycles. The minimum atomic E-state index is -0.00514. The van der Waals surface area contributed by atoms with E-state index in [0.717, 1.165) is 42.3 Å². The molecule has 1 unspecified atom stereocenters. The van der Waals surface area contributed by atoms with E-state index in [1.54, 1.807) is 30.3 Å². The summed E-state index contributed by atoms with van der Waals surface area (Å²) in [6, 6.07) is 4.36. The van der Waals surface area contributed by atoms with Crippen LogP contribution in [0.3, 0.4) is 0 Å². The first-order chi connectivity index (χ1) is 12.3. The number of hydrogen-bond donors (Lipinski definition) is 1. The molecule has 0 spiro atoms. The summed E-state index contributed by atoms with van der Waals surface area (Å²) in [6.45, 7) is 6.03. The van der Waals surface area contributed by atoms with Gasteiger partial charge in [-0.25, -0.2) is 0 Å². The monoisotopic (exact) mass is 394 g/mol. The number of amides is 1. The molecule has 2 aromatic rings. The largest absolute Gasteiger partial charge is 0.343 e. The Morgan fingerprint density at radius 3 is 2.85 bits per heavy atom. The summed E-state index contributed by atoms with van der Waals surface area (Å²) < 4.78 is 2.88. The highest BCUT2D eigenvalue weighted by atomic mass is 35.5. The van der Waals surface area contributed by atoms with Gasteiger partial charge in [-0.2, -0.15) is 5.10 Å². The van der Waals surface area contributed by atoms with Crippen molar-refractivity contribution in [2.45, 2.75) is 52.2 Å². The molecule has 0 saturated heterocycles. The fourth-order valence-electron chi connectivity index (χ4n) is 3.43. The smallest absolute Gasteiger partial charge is 0.274 e. The highest BCUT2D eigenvalue weighted by Gasteiger charge is 2.29. The molecule has 5 nitrogen and oxygen atoms in total. The van der Waals surface area contributed by atoms with Gasteiger partial charge in [0.25, 0.3) is 5.91 Å². The van der Waals surface area contributed by atoms with Crippen LogP contribution in [0.5, 0.6) is 0 Å². The summed E-state index contributed by atoms with van der Waals surface area (Å²) in [7, 11) is 3.57. The zero-order valence-electron chi connectivity index (χ0n) is 15.9. The van der Waals surface area contributed by atoms with Gasteiger partial charge in [-0.3, -0.25) is 9.48 Å². The predicted molar refractivity (Wildman–Crippen MR) is 107 cm³/mol. The maximum absolute atomic E-state index is 12.6. The van der Waals surface area contributed by atoms with Crippen LogP contribution in [0.2, 0.25) is 4.34 Å². The van der Waals surface area contributed by atoms with Crippen LogP contribution in [0.4, 0.5) is 0 Å². The molecule has 7 heteroatoms. The Kier molecular flexibility index (Phi) is 6.05. The average Bonchev–Trinajstić information content (AvgIpc) is 3.15. The first-order valence-corrected chi connectivity index (χ1v) is 10.3. The first-order valence-electron chi connectivity index (χ1n) is 9.13. The van der Waals surface area contributed by atoms with Crippen LogP contribution in [0.1, 0.15) is 46.9 Å². The Morgan fingerprint density at radius 1 is 1.46 bits per heavy atom. The van der Waals surface area contributed by atoms with Crippen LogP contribution in [-0.2, 0) is 25.9 Å². The highest BCUT2D eigenvalue weighted by molar-refractivity contribution is 7.16. The van der Waals surface area contributed by atoms with Gasteiger partial charge in [-0.05, 0) is 37.3 Å². The van der Waals surface area contributed by atoms with Gasteiger partial charge in [0.2, 0.25) is 0 Å². The zero-order valence-corrected chi connectivity index (χ0v) is 17.5. The number of rotatable bonds is 6. The second-order valence-corrected chi connectivity index (χ2v) is 9.38. The van der Waals surface area contributed by atoms with Crippen LogP contribution in [0, 0.1) is 5.92 Å². The number of thiophene rings is 1. The quantitative estimate of drug-likeness (QED) is 0.814. The van der Waals surface area contributed by atoms with E-state index in [9.17, 15) is 4.79 Å². The van der Waals surface area contributed by atoms with E-state index in [-0.39, 0.29) is 5.91 Å². The summed E-state index contributed by atoms with van der Waals surface area (Å²) in [5.41, 5.74) is 2.98. The zero-order chi connectivity index (χ0) is 18.8. The van der Waals surface area contributed by atoms with Crippen LogP contribution in [0.15, 0.2) is 12.1 Å². The van der Waals surface area contributed by atoms with Gasteiger partial charge >= 0.3 is 0 Å². The molecule has 1 aliphatic rings. The van der Waals surface area contributed by atoms with Crippen LogP contribution in [0.25, 0.3) is 0 Å². The molecule has 142 valence electrons. The molecular weight excluding hydrogens is 368 g/mol. The minimum absolute atomic E-state index is 0.00514. The topological polar surface area (TPSA) is 50.2 Å². The van der Waals surface area contributed by atoms with Gasteiger partial charge in [0.15, 0.2) is 5.69 Å². The third-order valence-corrected chi connectivity index (χ3v) is 5.92. The lowest BCUT2D eigenvalue weighted by Crippen LogP contribution is -2.35. The normalized spacial score (nSPS) is 16.8. The van der Waals surface area contributed by atoms with E-state index >= 15 is 0 Å². The van der Waals surface area contributed by atoms with E-state index < -0.39 is 0 Å². The maximum atomic E-state index is 12.6. The van der Waals surface area contributed by atoms with Crippen molar-refractivity contribution < 1.29 is 4.79 Å². The third kappa shape index (κ3) is 4.30. The van der Waals surface area contributed by atoms with Crippen molar-refractivity contribution in [1.29, 1.82) is 0 Å². The van der Waals surface area contributed by atoms with Crippen molar-refractivity contribution in [3.8, 4) is 0 Å². The number of carbonyl (C=O) groups excluding carboxylic acids is 1. The van der Waals surface area contributed by atoms with Gasteiger partial charge in [0.1, 0.15) is 0 Å². The summed E-state index contributed by atoms with van der Waals surface area (Å²) in [5, 5.41) is 8.32. The number of hydrogen-bond acceptors (Lipinski definition) is 4. The summed E-state index contributed by atoms with van der Waals surface area (Å²) in [4.78, 5) is 15.5. The molecule has 1 N–H and O–H groups in total. The molecule has 1 aliphatic carbocycles. The van der Waals surface area contributed by atoms with Crippen LogP contribution >= 0.6 is 22.9 Å². The molecule has 0 aromatic carbocycles. The Morgan fingerprint density at radius 2 is 2.23 bits per heavy atom. The molecule has 26 heavy (non-hydrogen) atoms. The third-order valence-electron chi connectivity index (χ3n) is 4.69. The lowest BCUT2D eigenvalue weighted by atomic mass is 9.91. The van der Waals surface area contributed by atoms with E-state index in [4.69, 9.17) is 16.7 Å². The summed E-state index contributed by atoms with van der Waals surface area (Å²) in [6.07, 6.45) is 2.87. The second-order valence-electron chi connectivity index (χ2n) is 7.58. The Balaban J connectivity index is 1.78. The van der Waals surface area contributed by atoms with E-state index in [1.165, 1.54) is 10.6 Å². The summed E-state index contributed by atoms with van der Waals surface area (Å²) >= 11 is 7.63. The Hall–Kier alpha value is -1.37. The van der Waals surface area contributed by atoms with Crippen molar-refractivity contribution in [2.75, 3.05) is 14.1 Å². The standard InChI is InChI=1S/C19H27ClN4OS/c1-12(2)11-24-16-7-5-13(21-10-14-6-8-17(20)26-14)9-15(16)18(22-24)19(25)23(3)4/h6,8,12-13,21H,5,7,9-11H2,1-4H3. The number of fused-ring (bicyclic) bond motifs is 1. The van der Waals surface area contributed by atoms with E-state index in [1.807, 2.05) is 6.07 Å². The van der Waals surface area contributed by atoms with Gasteiger partial charge in [0, 0.05) is 49.4 Å². The Labute approximate surface area is 164 Å². The number of aromatic nitrogens is 2. The van der Waals surface area contributed by atoms with Crippen molar-refractivity contribution in [3.05, 3.63) is 38.3 Å². The van der Waals surface area contributed by atoms with Crippen molar-refractivity contribution >= 4 is 28.8 Å². The van der Waals surface area contributed by atoms with E-state index in [2.05, 4.69) is 29.9 Å². The first kappa shape index (κ1) is 19.4. The molecule has 1 amide bonds. The predicted octanol–water partition coefficient (Wildman–Crippen LogP) is 3.60. The average molecular weight is 395 g/mol. The van der Waals surface area contributed by atoms with Gasteiger partial charge in [-0.1, -0.05) is 25.4 Å². The number of nitrogens with one attached hydrogen (secondary N) is 1. The second kappa shape index (κ2) is 8.11. The lowest BCUT2D eigenvalue weighted by Gasteiger charge is -2.25. The molecule has 0 fully saturated rings. The molecule has 3 rings (SSSR count). The van der Waals surface area contributed by atoms with E-state index in [0.29, 0.717) is 17.7 Å². The fraction of sp³-hybridized carbons (Fsp3) is 0.579. The molecule has 2 aromatic heterocycles. The van der Waals surface area contributed by atoms with Crippen molar-refractivity contribution in [1.82, 2.24) is 20.0 Å². The summed E-state index contributed by atoms with van der Waals surface area (Å²) in [5.74, 6) is 0.496. The molecule has 0 radical (unpaired) electrons.